The number of fused-ring (bicyclic) bond motifs is 1. The summed E-state index contributed by atoms with van der Waals surface area (Å²) in [4.78, 5) is 17.5. The Morgan fingerprint density at radius 3 is 2.83 bits per heavy atom. The van der Waals surface area contributed by atoms with Crippen LogP contribution in [-0.4, -0.2) is 10.9 Å². The predicted octanol–water partition coefficient (Wildman–Crippen LogP) is 4.49. The van der Waals surface area contributed by atoms with Crippen molar-refractivity contribution < 1.29 is 9.21 Å². The Balaban J connectivity index is 1.56. The van der Waals surface area contributed by atoms with Crippen molar-refractivity contribution in [3.63, 3.8) is 0 Å². The third kappa shape index (κ3) is 2.70. The number of nitrogens with zero attached hydrogens (tertiary/aromatic N) is 1. The van der Waals surface area contributed by atoms with Crippen molar-refractivity contribution in [3.05, 3.63) is 77.6 Å². The number of nitrogens with one attached hydrogen (secondary N) is 1. The van der Waals surface area contributed by atoms with Crippen LogP contribution in [0.25, 0.3) is 21.4 Å². The zero-order valence-corrected chi connectivity index (χ0v) is 13.5. The van der Waals surface area contributed by atoms with Gasteiger partial charge in [0, 0.05) is 6.54 Å². The number of hydrogen-bond acceptors (Lipinski definition) is 4. The van der Waals surface area contributed by atoms with Gasteiger partial charge in [-0.15, -0.1) is 11.3 Å². The summed E-state index contributed by atoms with van der Waals surface area (Å²) in [5, 5.41) is 7.17. The van der Waals surface area contributed by atoms with Crippen LogP contribution in [0.2, 0.25) is 0 Å². The van der Waals surface area contributed by atoms with Crippen LogP contribution in [0.3, 0.4) is 0 Å². The second kappa shape index (κ2) is 6.29. The molecule has 0 bridgehead atoms. The largest absolute Gasteiger partial charge is 0.442 e. The van der Waals surface area contributed by atoms with Gasteiger partial charge in [-0.1, -0.05) is 48.5 Å². The summed E-state index contributed by atoms with van der Waals surface area (Å²) in [5.74, 6) is 0.278. The molecule has 0 saturated carbocycles. The molecule has 2 aromatic heterocycles. The van der Waals surface area contributed by atoms with Gasteiger partial charge in [-0.05, 0) is 27.8 Å². The van der Waals surface area contributed by atoms with E-state index >= 15 is 0 Å². The first kappa shape index (κ1) is 14.7. The second-order valence-corrected chi connectivity index (χ2v) is 6.28. The standard InChI is InChI=1S/C19H14N2O2S/c22-19(17-18(23-12-21-17)16-9-4-10-24-16)20-11-14-7-3-6-13-5-1-2-8-15(13)14/h1-10,12H,11H2,(H,20,22). The molecule has 0 aliphatic rings. The van der Waals surface area contributed by atoms with Crippen molar-refractivity contribution >= 4 is 28.0 Å². The van der Waals surface area contributed by atoms with E-state index in [0.717, 1.165) is 21.2 Å². The zero-order valence-electron chi connectivity index (χ0n) is 12.7. The lowest BCUT2D eigenvalue weighted by atomic mass is 10.0. The van der Waals surface area contributed by atoms with Gasteiger partial charge < -0.3 is 9.73 Å². The Hall–Kier alpha value is -2.92. The molecule has 118 valence electrons. The number of carbonyl (C=O) groups is 1. The molecule has 0 spiro atoms. The molecule has 0 fully saturated rings. The maximum Gasteiger partial charge on any atom is 0.274 e. The number of oxazole rings is 1. The van der Waals surface area contributed by atoms with E-state index in [4.69, 9.17) is 4.42 Å². The van der Waals surface area contributed by atoms with Crippen molar-refractivity contribution in [2.75, 3.05) is 0 Å². The molecule has 2 heterocycles. The van der Waals surface area contributed by atoms with Gasteiger partial charge in [-0.3, -0.25) is 4.79 Å². The highest BCUT2D eigenvalue weighted by molar-refractivity contribution is 7.13. The first-order valence-corrected chi connectivity index (χ1v) is 8.43. The number of carbonyl (C=O) groups excluding carboxylic acids is 1. The maximum absolute atomic E-state index is 12.5. The minimum Gasteiger partial charge on any atom is -0.442 e. The van der Waals surface area contributed by atoms with E-state index in [2.05, 4.69) is 28.5 Å². The van der Waals surface area contributed by atoms with E-state index in [1.807, 2.05) is 41.8 Å². The van der Waals surface area contributed by atoms with Crippen molar-refractivity contribution in [3.8, 4) is 10.6 Å². The van der Waals surface area contributed by atoms with E-state index in [1.54, 1.807) is 0 Å². The average Bonchev–Trinajstić information content (AvgIpc) is 3.30. The summed E-state index contributed by atoms with van der Waals surface area (Å²) in [7, 11) is 0. The van der Waals surface area contributed by atoms with Crippen LogP contribution < -0.4 is 5.32 Å². The third-order valence-electron chi connectivity index (χ3n) is 3.85. The van der Waals surface area contributed by atoms with Crippen LogP contribution in [0.5, 0.6) is 0 Å². The summed E-state index contributed by atoms with van der Waals surface area (Å²) >= 11 is 1.51. The Kier molecular flexibility index (Phi) is 3.84. The number of amides is 1. The van der Waals surface area contributed by atoms with E-state index in [-0.39, 0.29) is 5.91 Å². The SMILES string of the molecule is O=C(NCc1cccc2ccccc12)c1ncoc1-c1cccs1. The summed E-state index contributed by atoms with van der Waals surface area (Å²) in [6, 6.07) is 18.0. The summed E-state index contributed by atoms with van der Waals surface area (Å²) in [6.45, 7) is 0.441. The first-order chi connectivity index (χ1) is 11.8. The van der Waals surface area contributed by atoms with E-state index in [0.29, 0.717) is 18.0 Å². The predicted molar refractivity (Wildman–Crippen MR) is 94.9 cm³/mol. The molecule has 1 amide bonds. The van der Waals surface area contributed by atoms with Crippen LogP contribution in [0, 0.1) is 0 Å². The maximum atomic E-state index is 12.5. The Labute approximate surface area is 142 Å². The number of aromatic nitrogens is 1. The van der Waals surface area contributed by atoms with Crippen molar-refractivity contribution in [2.45, 2.75) is 6.54 Å². The molecule has 0 aliphatic carbocycles. The minimum atomic E-state index is -0.236. The summed E-state index contributed by atoms with van der Waals surface area (Å²) < 4.78 is 5.39. The van der Waals surface area contributed by atoms with Crippen LogP contribution in [0.4, 0.5) is 0 Å². The van der Waals surface area contributed by atoms with Crippen molar-refractivity contribution in [1.82, 2.24) is 10.3 Å². The number of hydrogen-bond donors (Lipinski definition) is 1. The summed E-state index contributed by atoms with van der Waals surface area (Å²) in [5.41, 5.74) is 1.39. The number of benzene rings is 2. The normalized spacial score (nSPS) is 10.8. The topological polar surface area (TPSA) is 55.1 Å². The van der Waals surface area contributed by atoms with E-state index < -0.39 is 0 Å². The Morgan fingerprint density at radius 2 is 1.96 bits per heavy atom. The first-order valence-electron chi connectivity index (χ1n) is 7.55. The molecular formula is C19H14N2O2S. The lowest BCUT2D eigenvalue weighted by Gasteiger charge is -2.08. The van der Waals surface area contributed by atoms with Gasteiger partial charge in [-0.2, -0.15) is 0 Å². The van der Waals surface area contributed by atoms with Gasteiger partial charge in [0.25, 0.3) is 5.91 Å². The van der Waals surface area contributed by atoms with Gasteiger partial charge in [0.05, 0.1) is 4.88 Å². The van der Waals surface area contributed by atoms with Gasteiger partial charge in [-0.25, -0.2) is 4.98 Å². The van der Waals surface area contributed by atoms with E-state index in [1.165, 1.54) is 17.7 Å². The van der Waals surface area contributed by atoms with Crippen LogP contribution in [0.1, 0.15) is 16.1 Å². The van der Waals surface area contributed by atoms with Gasteiger partial charge in [0.15, 0.2) is 17.8 Å². The fourth-order valence-electron chi connectivity index (χ4n) is 2.70. The lowest BCUT2D eigenvalue weighted by molar-refractivity contribution is 0.0947. The Bertz CT molecular complexity index is 984. The molecule has 0 radical (unpaired) electrons. The molecule has 4 rings (SSSR count). The van der Waals surface area contributed by atoms with Crippen molar-refractivity contribution in [1.29, 1.82) is 0 Å². The molecule has 5 heteroatoms. The second-order valence-electron chi connectivity index (χ2n) is 5.33. The van der Waals surface area contributed by atoms with Crippen LogP contribution in [0.15, 0.2) is 70.8 Å². The fourth-order valence-corrected chi connectivity index (χ4v) is 3.41. The molecule has 0 saturated heterocycles. The molecule has 1 N–H and O–H groups in total. The molecule has 0 unspecified atom stereocenters. The van der Waals surface area contributed by atoms with Gasteiger partial charge >= 0.3 is 0 Å². The van der Waals surface area contributed by atoms with E-state index in [9.17, 15) is 4.79 Å². The average molecular weight is 334 g/mol. The highest BCUT2D eigenvalue weighted by Gasteiger charge is 2.18. The quantitative estimate of drug-likeness (QED) is 0.598. The molecule has 4 nitrogen and oxygen atoms in total. The molecule has 0 atom stereocenters. The minimum absolute atomic E-state index is 0.236. The smallest absolute Gasteiger partial charge is 0.274 e. The highest BCUT2D eigenvalue weighted by Crippen LogP contribution is 2.27. The van der Waals surface area contributed by atoms with Gasteiger partial charge in [0.2, 0.25) is 0 Å². The fraction of sp³-hybridized carbons (Fsp3) is 0.0526. The molecular weight excluding hydrogens is 320 g/mol. The Morgan fingerprint density at radius 1 is 1.08 bits per heavy atom. The number of thiophene rings is 1. The van der Waals surface area contributed by atoms with Crippen LogP contribution in [-0.2, 0) is 6.54 Å². The van der Waals surface area contributed by atoms with Crippen LogP contribution >= 0.6 is 11.3 Å². The van der Waals surface area contributed by atoms with Gasteiger partial charge in [0.1, 0.15) is 0 Å². The zero-order chi connectivity index (χ0) is 16.4. The lowest BCUT2D eigenvalue weighted by Crippen LogP contribution is -2.23. The monoisotopic (exact) mass is 334 g/mol. The highest BCUT2D eigenvalue weighted by atomic mass is 32.1. The molecule has 4 aromatic rings. The van der Waals surface area contributed by atoms with Crippen molar-refractivity contribution in [2.24, 2.45) is 0 Å². The molecule has 2 aromatic carbocycles. The third-order valence-corrected chi connectivity index (χ3v) is 4.72. The summed E-state index contributed by atoms with van der Waals surface area (Å²) in [6.07, 6.45) is 1.31. The molecule has 0 aliphatic heterocycles. The number of rotatable bonds is 4. The molecule has 24 heavy (non-hydrogen) atoms.